The average molecular weight is 291 g/mol. The molecule has 6 heteroatoms. The number of fused-ring (bicyclic) bond motifs is 1. The Morgan fingerprint density at radius 2 is 2.16 bits per heavy atom. The minimum Gasteiger partial charge on any atom is -0.383 e. The highest BCUT2D eigenvalue weighted by Gasteiger charge is 2.24. The molecule has 0 spiro atoms. The van der Waals surface area contributed by atoms with E-state index in [0.717, 1.165) is 20.9 Å². The Balaban J connectivity index is 1.81. The zero-order valence-corrected chi connectivity index (χ0v) is 12.0. The van der Waals surface area contributed by atoms with E-state index in [1.54, 1.807) is 29.6 Å². The van der Waals surface area contributed by atoms with Gasteiger partial charge in [-0.1, -0.05) is 6.07 Å². The van der Waals surface area contributed by atoms with Crippen molar-refractivity contribution in [2.45, 2.75) is 12.5 Å². The van der Waals surface area contributed by atoms with Gasteiger partial charge in [0.25, 0.3) is 0 Å². The predicted octanol–water partition coefficient (Wildman–Crippen LogP) is 3.07. The Morgan fingerprint density at radius 1 is 1.26 bits per heavy atom. The van der Waals surface area contributed by atoms with Crippen LogP contribution in [0.15, 0.2) is 35.3 Å². The molecule has 0 fully saturated rings. The summed E-state index contributed by atoms with van der Waals surface area (Å²) in [6.07, 6.45) is 1.54. The summed E-state index contributed by atoms with van der Waals surface area (Å²) in [4.78, 5) is 9.38. The van der Waals surface area contributed by atoms with E-state index in [4.69, 9.17) is 0 Å². The minimum atomic E-state index is -0.900. The second-order valence-corrected chi connectivity index (χ2v) is 6.33. The molecule has 0 saturated heterocycles. The third-order valence-corrected chi connectivity index (χ3v) is 4.93. The van der Waals surface area contributed by atoms with Gasteiger partial charge in [-0.2, -0.15) is 0 Å². The summed E-state index contributed by atoms with van der Waals surface area (Å²) in [5.74, 6) is 0.775. The highest BCUT2D eigenvalue weighted by molar-refractivity contribution is 7.17. The number of thiophene rings is 2. The van der Waals surface area contributed by atoms with Gasteiger partial charge < -0.3 is 10.4 Å². The summed E-state index contributed by atoms with van der Waals surface area (Å²) in [5, 5.41) is 17.6. The van der Waals surface area contributed by atoms with Gasteiger partial charge in [-0.25, -0.2) is 9.97 Å². The van der Waals surface area contributed by atoms with Crippen molar-refractivity contribution in [3.05, 3.63) is 40.2 Å². The normalized spacial score (nSPS) is 14.4. The van der Waals surface area contributed by atoms with Crippen LogP contribution in [0.4, 0.5) is 5.82 Å². The SMILES string of the molecule is CC(O)(CNc1ncnc2ccsc12)c1cccs1. The quantitative estimate of drug-likeness (QED) is 0.775. The van der Waals surface area contributed by atoms with Gasteiger partial charge in [0, 0.05) is 11.4 Å². The van der Waals surface area contributed by atoms with Crippen molar-refractivity contribution in [1.82, 2.24) is 9.97 Å². The van der Waals surface area contributed by atoms with Crippen LogP contribution in [-0.2, 0) is 5.60 Å². The maximum atomic E-state index is 10.5. The third-order valence-electron chi connectivity index (χ3n) is 2.90. The number of hydrogen-bond acceptors (Lipinski definition) is 6. The number of rotatable bonds is 4. The summed E-state index contributed by atoms with van der Waals surface area (Å²) in [6, 6.07) is 5.84. The molecule has 1 atom stereocenters. The first-order valence-electron chi connectivity index (χ1n) is 5.85. The van der Waals surface area contributed by atoms with Crippen LogP contribution in [0.3, 0.4) is 0 Å². The van der Waals surface area contributed by atoms with Gasteiger partial charge in [-0.3, -0.25) is 0 Å². The molecule has 4 nitrogen and oxygen atoms in total. The monoisotopic (exact) mass is 291 g/mol. The summed E-state index contributed by atoms with van der Waals surface area (Å²) in [6.45, 7) is 2.22. The van der Waals surface area contributed by atoms with Crippen molar-refractivity contribution in [1.29, 1.82) is 0 Å². The summed E-state index contributed by atoms with van der Waals surface area (Å²) >= 11 is 3.15. The number of nitrogens with one attached hydrogen (secondary N) is 1. The van der Waals surface area contributed by atoms with E-state index in [-0.39, 0.29) is 0 Å². The first kappa shape index (κ1) is 12.5. The Hall–Kier alpha value is -1.50. The van der Waals surface area contributed by atoms with Crippen molar-refractivity contribution in [2.75, 3.05) is 11.9 Å². The van der Waals surface area contributed by atoms with Crippen LogP contribution in [0.1, 0.15) is 11.8 Å². The molecule has 0 aliphatic rings. The fourth-order valence-electron chi connectivity index (χ4n) is 1.84. The molecule has 3 heterocycles. The number of nitrogens with zero attached hydrogens (tertiary/aromatic N) is 2. The fraction of sp³-hybridized carbons (Fsp3) is 0.231. The van der Waals surface area contributed by atoms with Crippen LogP contribution in [0, 0.1) is 0 Å². The predicted molar refractivity (Wildman–Crippen MR) is 79.8 cm³/mol. The molecule has 0 aromatic carbocycles. The fourth-order valence-corrected chi connectivity index (χ4v) is 3.44. The zero-order valence-electron chi connectivity index (χ0n) is 10.3. The van der Waals surface area contributed by atoms with E-state index in [9.17, 15) is 5.11 Å². The van der Waals surface area contributed by atoms with Gasteiger partial charge in [0.2, 0.25) is 0 Å². The lowest BCUT2D eigenvalue weighted by Gasteiger charge is -2.22. The molecule has 0 aliphatic carbocycles. The van der Waals surface area contributed by atoms with Crippen molar-refractivity contribution >= 4 is 38.7 Å². The molecule has 19 heavy (non-hydrogen) atoms. The van der Waals surface area contributed by atoms with Crippen LogP contribution < -0.4 is 5.32 Å². The lowest BCUT2D eigenvalue weighted by atomic mass is 10.1. The average Bonchev–Trinajstić information content (AvgIpc) is 3.07. The number of aliphatic hydroxyl groups is 1. The van der Waals surface area contributed by atoms with Crippen LogP contribution in [0.5, 0.6) is 0 Å². The van der Waals surface area contributed by atoms with Crippen LogP contribution in [0.2, 0.25) is 0 Å². The highest BCUT2D eigenvalue weighted by atomic mass is 32.1. The van der Waals surface area contributed by atoms with E-state index in [1.165, 1.54) is 6.33 Å². The number of hydrogen-bond donors (Lipinski definition) is 2. The Bertz CT molecular complexity index is 676. The maximum absolute atomic E-state index is 10.5. The van der Waals surface area contributed by atoms with Gasteiger partial charge in [-0.15, -0.1) is 22.7 Å². The van der Waals surface area contributed by atoms with Crippen LogP contribution in [-0.4, -0.2) is 21.6 Å². The van der Waals surface area contributed by atoms with Crippen LogP contribution >= 0.6 is 22.7 Å². The van der Waals surface area contributed by atoms with Crippen LogP contribution in [0.25, 0.3) is 10.2 Å². The van der Waals surface area contributed by atoms with E-state index < -0.39 is 5.60 Å². The first-order valence-corrected chi connectivity index (χ1v) is 7.61. The van der Waals surface area contributed by atoms with Crippen molar-refractivity contribution in [2.24, 2.45) is 0 Å². The molecular formula is C13H13N3OS2. The molecule has 0 saturated carbocycles. The van der Waals surface area contributed by atoms with Gasteiger partial charge in [-0.05, 0) is 29.8 Å². The first-order chi connectivity index (χ1) is 9.17. The second kappa shape index (κ2) is 4.88. The highest BCUT2D eigenvalue weighted by Crippen LogP contribution is 2.28. The lowest BCUT2D eigenvalue weighted by Crippen LogP contribution is -2.30. The molecule has 0 aliphatic heterocycles. The smallest absolute Gasteiger partial charge is 0.147 e. The molecule has 98 valence electrons. The van der Waals surface area contributed by atoms with E-state index >= 15 is 0 Å². The maximum Gasteiger partial charge on any atom is 0.147 e. The third kappa shape index (κ3) is 2.47. The molecule has 0 radical (unpaired) electrons. The molecule has 3 rings (SSSR count). The van der Waals surface area contributed by atoms with Crippen molar-refractivity contribution in [3.63, 3.8) is 0 Å². The Kier molecular flexibility index (Phi) is 3.22. The molecular weight excluding hydrogens is 278 g/mol. The summed E-state index contributed by atoms with van der Waals surface area (Å²) in [5.41, 5.74) is 0.0289. The molecule has 1 unspecified atom stereocenters. The van der Waals surface area contributed by atoms with Crippen molar-refractivity contribution in [3.8, 4) is 0 Å². The molecule has 2 N–H and O–H groups in total. The topological polar surface area (TPSA) is 58.0 Å². The molecule has 0 amide bonds. The minimum absolute atomic E-state index is 0.414. The molecule has 3 aromatic heterocycles. The molecule has 3 aromatic rings. The van der Waals surface area contributed by atoms with Gasteiger partial charge >= 0.3 is 0 Å². The van der Waals surface area contributed by atoms with Gasteiger partial charge in [0.15, 0.2) is 0 Å². The van der Waals surface area contributed by atoms with Crippen molar-refractivity contribution < 1.29 is 5.11 Å². The zero-order chi connectivity index (χ0) is 13.3. The Morgan fingerprint density at radius 3 is 2.95 bits per heavy atom. The summed E-state index contributed by atoms with van der Waals surface area (Å²) < 4.78 is 1.02. The van der Waals surface area contributed by atoms with E-state index in [0.29, 0.717) is 6.54 Å². The lowest BCUT2D eigenvalue weighted by molar-refractivity contribution is 0.0754. The van der Waals surface area contributed by atoms with E-state index in [2.05, 4.69) is 15.3 Å². The largest absolute Gasteiger partial charge is 0.383 e. The number of aromatic nitrogens is 2. The van der Waals surface area contributed by atoms with E-state index in [1.807, 2.05) is 29.0 Å². The number of anilines is 1. The van der Waals surface area contributed by atoms with Gasteiger partial charge in [0.1, 0.15) is 17.7 Å². The molecule has 0 bridgehead atoms. The standard InChI is InChI=1S/C13H13N3OS2/c1-13(17,10-3-2-5-18-10)7-14-12-11-9(4-6-19-11)15-8-16-12/h2-6,8,17H,7H2,1H3,(H,14,15,16). The Labute approximate surface area is 118 Å². The second-order valence-electron chi connectivity index (χ2n) is 4.46. The van der Waals surface area contributed by atoms with Gasteiger partial charge in [0.05, 0.1) is 10.2 Å². The summed E-state index contributed by atoms with van der Waals surface area (Å²) in [7, 11) is 0.